The molecule has 1 aliphatic heterocycles. The average molecular weight is 566 g/mol. The van der Waals surface area contributed by atoms with Crippen LogP contribution in [0.1, 0.15) is 20.7 Å². The van der Waals surface area contributed by atoms with E-state index in [2.05, 4.69) is 33.7 Å². The number of hydrogen-bond donors (Lipinski definition) is 0. The van der Waals surface area contributed by atoms with E-state index in [0.717, 1.165) is 44.1 Å². The number of hydrogen-bond acceptors (Lipinski definition) is 2. The van der Waals surface area contributed by atoms with E-state index in [0.29, 0.717) is 28.2 Å². The second kappa shape index (κ2) is 9.94. The van der Waals surface area contributed by atoms with Gasteiger partial charge in [0.1, 0.15) is 0 Å². The topological polar surface area (TPSA) is 46.7 Å². The zero-order chi connectivity index (χ0) is 29.8. The quantitative estimate of drug-likeness (QED) is 0.158. The maximum absolute atomic E-state index is 14.3. The molecule has 0 N–H and O–H groups in total. The predicted molar refractivity (Wildman–Crippen MR) is 175 cm³/mol. The second-order valence-corrected chi connectivity index (χ2v) is 10.8. The highest BCUT2D eigenvalue weighted by atomic mass is 16.2. The van der Waals surface area contributed by atoms with Crippen molar-refractivity contribution in [3.63, 3.8) is 0 Å². The van der Waals surface area contributed by atoms with Crippen LogP contribution in [0.4, 0.5) is 11.4 Å². The van der Waals surface area contributed by atoms with Crippen molar-refractivity contribution < 1.29 is 9.59 Å². The lowest BCUT2D eigenvalue weighted by molar-refractivity contribution is 0.0926. The van der Waals surface area contributed by atoms with Gasteiger partial charge in [0.15, 0.2) is 5.69 Å². The third-order valence-corrected chi connectivity index (χ3v) is 8.35. The Morgan fingerprint density at radius 3 is 2.00 bits per heavy atom. The number of carbonyl (C=O) groups is 2. The van der Waals surface area contributed by atoms with Crippen molar-refractivity contribution >= 4 is 45.0 Å². The number of anilines is 1. The minimum absolute atomic E-state index is 0.335. The Balaban J connectivity index is 1.31. The van der Waals surface area contributed by atoms with Crippen LogP contribution in [0.2, 0.25) is 0 Å². The first-order chi connectivity index (χ1) is 21.6. The molecule has 1 aliphatic rings. The summed E-state index contributed by atoms with van der Waals surface area (Å²) in [6, 6.07) is 44.9. The molecule has 8 rings (SSSR count). The summed E-state index contributed by atoms with van der Waals surface area (Å²) < 4.78 is 2.09. The van der Waals surface area contributed by atoms with Gasteiger partial charge < -0.3 is 4.57 Å². The molecule has 0 saturated carbocycles. The molecule has 0 atom stereocenters. The number of para-hydroxylation sites is 1. The minimum atomic E-state index is -0.345. The number of rotatable bonds is 4. The Morgan fingerprint density at radius 1 is 0.523 bits per heavy atom. The molecule has 5 heteroatoms. The minimum Gasteiger partial charge on any atom is -0.308 e. The monoisotopic (exact) mass is 565 g/mol. The lowest BCUT2D eigenvalue weighted by atomic mass is 10.0. The van der Waals surface area contributed by atoms with Crippen molar-refractivity contribution in [1.82, 2.24) is 4.57 Å². The zero-order valence-electron chi connectivity index (χ0n) is 23.4. The molecule has 0 saturated heterocycles. The Morgan fingerprint density at radius 2 is 1.18 bits per heavy atom. The van der Waals surface area contributed by atoms with Crippen LogP contribution in [-0.4, -0.2) is 16.4 Å². The predicted octanol–water partition coefficient (Wildman–Crippen LogP) is 9.47. The van der Waals surface area contributed by atoms with E-state index in [4.69, 9.17) is 6.57 Å². The third-order valence-electron chi connectivity index (χ3n) is 8.35. The summed E-state index contributed by atoms with van der Waals surface area (Å²) in [6.45, 7) is 7.29. The molecule has 0 aliphatic carbocycles. The van der Waals surface area contributed by atoms with E-state index in [1.165, 1.54) is 4.90 Å². The lowest BCUT2D eigenvalue weighted by Crippen LogP contribution is -2.29. The van der Waals surface area contributed by atoms with Gasteiger partial charge in [-0.1, -0.05) is 103 Å². The van der Waals surface area contributed by atoms with Gasteiger partial charge in [-0.3, -0.25) is 9.59 Å². The van der Waals surface area contributed by atoms with Crippen molar-refractivity contribution in [2.45, 2.75) is 0 Å². The number of benzene rings is 6. The molecular weight excluding hydrogens is 542 g/mol. The number of carbonyl (C=O) groups excluding carboxylic acids is 2. The number of amides is 2. The molecule has 0 bridgehead atoms. The Labute approximate surface area is 253 Å². The van der Waals surface area contributed by atoms with Gasteiger partial charge in [-0.05, 0) is 58.7 Å². The van der Waals surface area contributed by atoms with Gasteiger partial charge in [-0.2, -0.15) is 0 Å². The highest BCUT2D eigenvalue weighted by molar-refractivity contribution is 6.36. The van der Waals surface area contributed by atoms with E-state index in [9.17, 15) is 9.59 Å². The summed E-state index contributed by atoms with van der Waals surface area (Å²) in [4.78, 5) is 32.9. The molecule has 0 unspecified atom stereocenters. The van der Waals surface area contributed by atoms with Crippen molar-refractivity contribution in [2.24, 2.45) is 0 Å². The highest BCUT2D eigenvalue weighted by Crippen LogP contribution is 2.39. The summed E-state index contributed by atoms with van der Waals surface area (Å²) in [7, 11) is 0. The molecule has 7 aromatic rings. The molecule has 0 spiro atoms. The maximum Gasteiger partial charge on any atom is 0.268 e. The number of aromatic nitrogens is 1. The SMILES string of the molecule is [C-]#[N+]c1ccc(-c2ccc3c4ccccc4n(-c4cccc5c4C(=O)N(c4cccc(-c6ccccc6)c4)C5=O)c3c2)cc1. The molecule has 206 valence electrons. The van der Waals surface area contributed by atoms with Crippen LogP contribution in [0.25, 0.3) is 54.6 Å². The van der Waals surface area contributed by atoms with Gasteiger partial charge in [0.25, 0.3) is 11.8 Å². The van der Waals surface area contributed by atoms with E-state index in [-0.39, 0.29) is 11.8 Å². The van der Waals surface area contributed by atoms with Crippen LogP contribution in [0.3, 0.4) is 0 Å². The Kier molecular flexibility index (Phi) is 5.75. The third kappa shape index (κ3) is 3.86. The molecule has 2 amide bonds. The fourth-order valence-corrected chi connectivity index (χ4v) is 6.28. The zero-order valence-corrected chi connectivity index (χ0v) is 23.4. The van der Waals surface area contributed by atoms with Crippen LogP contribution in [0.15, 0.2) is 140 Å². The van der Waals surface area contributed by atoms with Gasteiger partial charge in [0.2, 0.25) is 0 Å². The number of fused-ring (bicyclic) bond motifs is 4. The molecule has 1 aromatic heterocycles. The standard InChI is InChI=1S/C39H23N3O2/c1-40-29-20-17-26(18-21-29)28-19-22-32-31-13-5-6-15-34(31)42(36(32)24-28)35-16-8-14-33-37(35)39(44)41(38(33)43)30-12-7-11-27(23-30)25-9-3-2-4-10-25/h2-24H. The molecule has 0 fully saturated rings. The summed E-state index contributed by atoms with van der Waals surface area (Å²) in [5.41, 5.74) is 8.35. The first-order valence-corrected chi connectivity index (χ1v) is 14.3. The molecule has 6 aromatic carbocycles. The first kappa shape index (κ1) is 25.5. The first-order valence-electron chi connectivity index (χ1n) is 14.3. The molecular formula is C39H23N3O2. The summed E-state index contributed by atoms with van der Waals surface area (Å²) in [5, 5.41) is 2.10. The van der Waals surface area contributed by atoms with Crippen molar-refractivity contribution in [2.75, 3.05) is 4.90 Å². The summed E-state index contributed by atoms with van der Waals surface area (Å²) >= 11 is 0. The van der Waals surface area contributed by atoms with Crippen LogP contribution in [0, 0.1) is 6.57 Å². The van der Waals surface area contributed by atoms with E-state index in [1.54, 1.807) is 12.1 Å². The van der Waals surface area contributed by atoms with Crippen LogP contribution in [-0.2, 0) is 0 Å². The number of imide groups is 1. The average Bonchev–Trinajstić information content (AvgIpc) is 3.55. The second-order valence-electron chi connectivity index (χ2n) is 10.8. The van der Waals surface area contributed by atoms with Crippen LogP contribution in [0.5, 0.6) is 0 Å². The highest BCUT2D eigenvalue weighted by Gasteiger charge is 2.39. The van der Waals surface area contributed by atoms with E-state index < -0.39 is 0 Å². The normalized spacial score (nSPS) is 12.6. The summed E-state index contributed by atoms with van der Waals surface area (Å²) in [6.07, 6.45) is 0. The van der Waals surface area contributed by atoms with Gasteiger partial charge in [0.05, 0.1) is 40.1 Å². The fraction of sp³-hybridized carbons (Fsp3) is 0. The summed E-state index contributed by atoms with van der Waals surface area (Å²) in [5.74, 6) is -0.680. The lowest BCUT2D eigenvalue weighted by Gasteiger charge is -2.16. The van der Waals surface area contributed by atoms with Crippen LogP contribution < -0.4 is 4.90 Å². The Bertz CT molecular complexity index is 2330. The van der Waals surface area contributed by atoms with Crippen LogP contribution >= 0.6 is 0 Å². The van der Waals surface area contributed by atoms with Crippen molar-refractivity contribution in [3.05, 3.63) is 162 Å². The van der Waals surface area contributed by atoms with Crippen molar-refractivity contribution in [3.8, 4) is 27.9 Å². The molecule has 44 heavy (non-hydrogen) atoms. The van der Waals surface area contributed by atoms with E-state index >= 15 is 0 Å². The van der Waals surface area contributed by atoms with Crippen molar-refractivity contribution in [1.29, 1.82) is 0 Å². The Hall–Kier alpha value is -6.25. The van der Waals surface area contributed by atoms with Gasteiger partial charge >= 0.3 is 0 Å². The van der Waals surface area contributed by atoms with Gasteiger partial charge in [-0.15, -0.1) is 0 Å². The van der Waals surface area contributed by atoms with E-state index in [1.807, 2.05) is 103 Å². The smallest absolute Gasteiger partial charge is 0.268 e. The molecule has 5 nitrogen and oxygen atoms in total. The molecule has 2 heterocycles. The van der Waals surface area contributed by atoms with Gasteiger partial charge in [-0.25, -0.2) is 9.74 Å². The van der Waals surface area contributed by atoms with Gasteiger partial charge in [0, 0.05) is 10.8 Å². The number of nitrogens with zero attached hydrogens (tertiary/aromatic N) is 3. The molecule has 0 radical (unpaired) electrons. The maximum atomic E-state index is 14.3. The largest absolute Gasteiger partial charge is 0.308 e. The fourth-order valence-electron chi connectivity index (χ4n) is 6.28.